The lowest BCUT2D eigenvalue weighted by Gasteiger charge is -2.17. The normalized spacial score (nSPS) is 13.6. The molecule has 0 unspecified atom stereocenters. The van der Waals surface area contributed by atoms with Gasteiger partial charge in [0.25, 0.3) is 0 Å². The third-order valence-electron chi connectivity index (χ3n) is 1.34. The van der Waals surface area contributed by atoms with Gasteiger partial charge in [-0.3, -0.25) is 9.05 Å². The van der Waals surface area contributed by atoms with E-state index in [0.29, 0.717) is 0 Å². The average Bonchev–Trinajstić information content (AvgIpc) is 2.11. The maximum Gasteiger partial charge on any atom is 0.454 e. The van der Waals surface area contributed by atoms with Gasteiger partial charge in [-0.1, -0.05) is 0 Å². The van der Waals surface area contributed by atoms with E-state index in [1.807, 2.05) is 0 Å². The van der Waals surface area contributed by atoms with E-state index >= 15 is 0 Å². The standard InChI is InChI=1S/C7H10F6NO3P/c1-3-16-18(15,17-4-2)14-5(6(8,9)10)7(11,12)13/h3-4H2,1-2H3. The molecule has 0 aliphatic rings. The highest BCUT2D eigenvalue weighted by Crippen LogP contribution is 2.52. The van der Waals surface area contributed by atoms with Crippen molar-refractivity contribution >= 4 is 13.5 Å². The van der Waals surface area contributed by atoms with E-state index < -0.39 is 39.0 Å². The van der Waals surface area contributed by atoms with Crippen LogP contribution in [0.15, 0.2) is 4.76 Å². The van der Waals surface area contributed by atoms with Crippen LogP contribution in [-0.2, 0) is 13.6 Å². The summed E-state index contributed by atoms with van der Waals surface area (Å²) in [6, 6.07) is 0. The molecule has 0 saturated carbocycles. The lowest BCUT2D eigenvalue weighted by atomic mass is 10.4. The summed E-state index contributed by atoms with van der Waals surface area (Å²) in [6.45, 7) is 1.62. The summed E-state index contributed by atoms with van der Waals surface area (Å²) >= 11 is 0. The fraction of sp³-hybridized carbons (Fsp3) is 0.857. The second-order valence-corrected chi connectivity index (χ2v) is 4.40. The van der Waals surface area contributed by atoms with E-state index in [9.17, 15) is 30.9 Å². The molecule has 0 fully saturated rings. The quantitative estimate of drug-likeness (QED) is 0.441. The first-order valence-electron chi connectivity index (χ1n) is 4.60. The Kier molecular flexibility index (Phi) is 5.83. The van der Waals surface area contributed by atoms with Crippen molar-refractivity contribution in [1.29, 1.82) is 0 Å². The smallest absolute Gasteiger partial charge is 0.291 e. The first kappa shape index (κ1) is 17.4. The molecule has 18 heavy (non-hydrogen) atoms. The van der Waals surface area contributed by atoms with Crippen molar-refractivity contribution in [2.45, 2.75) is 26.2 Å². The maximum atomic E-state index is 12.1. The molecule has 11 heteroatoms. The molecule has 0 spiro atoms. The van der Waals surface area contributed by atoms with Crippen LogP contribution in [0.5, 0.6) is 0 Å². The number of nitrogens with zero attached hydrogens (tertiary/aromatic N) is 1. The van der Waals surface area contributed by atoms with Crippen LogP contribution in [0.1, 0.15) is 13.8 Å². The topological polar surface area (TPSA) is 47.9 Å². The van der Waals surface area contributed by atoms with Gasteiger partial charge in [-0.25, -0.2) is 4.57 Å². The lowest BCUT2D eigenvalue weighted by molar-refractivity contribution is -0.117. The molecule has 0 saturated heterocycles. The van der Waals surface area contributed by atoms with Crippen molar-refractivity contribution in [2.24, 2.45) is 4.76 Å². The largest absolute Gasteiger partial charge is 0.454 e. The molecule has 4 nitrogen and oxygen atoms in total. The third-order valence-corrected chi connectivity index (χ3v) is 2.96. The summed E-state index contributed by atoms with van der Waals surface area (Å²) < 4.78 is 94.9. The number of hydrogen-bond acceptors (Lipinski definition) is 3. The molecule has 0 heterocycles. The molecule has 0 aromatic carbocycles. The second kappa shape index (κ2) is 6.03. The fourth-order valence-electron chi connectivity index (χ4n) is 0.818. The Labute approximate surface area is 98.6 Å². The molecule has 0 amide bonds. The predicted octanol–water partition coefficient (Wildman–Crippen LogP) is 3.73. The molecule has 0 N–H and O–H groups in total. The van der Waals surface area contributed by atoms with Gasteiger partial charge in [0, 0.05) is 0 Å². The van der Waals surface area contributed by atoms with Crippen molar-refractivity contribution < 1.29 is 40.0 Å². The number of rotatable bonds is 5. The van der Waals surface area contributed by atoms with E-state index in [4.69, 9.17) is 0 Å². The Morgan fingerprint density at radius 1 is 1.00 bits per heavy atom. The number of hydrogen-bond donors (Lipinski definition) is 0. The van der Waals surface area contributed by atoms with Gasteiger partial charge in [0.05, 0.1) is 13.2 Å². The van der Waals surface area contributed by atoms with Crippen LogP contribution in [0.3, 0.4) is 0 Å². The Morgan fingerprint density at radius 3 is 1.56 bits per heavy atom. The van der Waals surface area contributed by atoms with Gasteiger partial charge in [0.2, 0.25) is 5.71 Å². The van der Waals surface area contributed by atoms with Crippen molar-refractivity contribution in [3.8, 4) is 0 Å². The number of halogens is 6. The predicted molar refractivity (Wildman–Crippen MR) is 50.4 cm³/mol. The van der Waals surface area contributed by atoms with Gasteiger partial charge in [0.15, 0.2) is 0 Å². The highest BCUT2D eigenvalue weighted by molar-refractivity contribution is 7.52. The minimum atomic E-state index is -5.80. The van der Waals surface area contributed by atoms with Gasteiger partial charge < -0.3 is 0 Å². The van der Waals surface area contributed by atoms with Crippen LogP contribution in [0.2, 0.25) is 0 Å². The van der Waals surface area contributed by atoms with Gasteiger partial charge in [-0.2, -0.15) is 31.1 Å². The van der Waals surface area contributed by atoms with Crippen LogP contribution < -0.4 is 0 Å². The zero-order valence-electron chi connectivity index (χ0n) is 9.30. The summed E-state index contributed by atoms with van der Waals surface area (Å²) in [6.07, 6.45) is -11.6. The average molecular weight is 301 g/mol. The third kappa shape index (κ3) is 5.36. The fourth-order valence-corrected chi connectivity index (χ4v) is 2.13. The molecule has 0 rings (SSSR count). The first-order valence-corrected chi connectivity index (χ1v) is 6.09. The summed E-state index contributed by atoms with van der Waals surface area (Å²) in [5, 5.41) is 0. The van der Waals surface area contributed by atoms with Crippen LogP contribution in [0.4, 0.5) is 26.3 Å². The maximum absolute atomic E-state index is 12.1. The van der Waals surface area contributed by atoms with Crippen molar-refractivity contribution in [3.63, 3.8) is 0 Å². The molecule has 0 aromatic rings. The van der Waals surface area contributed by atoms with Crippen molar-refractivity contribution in [2.75, 3.05) is 13.2 Å². The van der Waals surface area contributed by atoms with Crippen LogP contribution in [0, 0.1) is 0 Å². The minimum Gasteiger partial charge on any atom is -0.291 e. The highest BCUT2D eigenvalue weighted by atomic mass is 31.2. The lowest BCUT2D eigenvalue weighted by Crippen LogP contribution is -2.37. The van der Waals surface area contributed by atoms with Crippen molar-refractivity contribution in [1.82, 2.24) is 0 Å². The van der Waals surface area contributed by atoms with Gasteiger partial charge >= 0.3 is 20.1 Å². The molecule has 108 valence electrons. The molecule has 0 aliphatic heterocycles. The van der Waals surface area contributed by atoms with E-state index in [1.165, 1.54) is 13.8 Å². The van der Waals surface area contributed by atoms with Gasteiger partial charge in [0.1, 0.15) is 0 Å². The minimum absolute atomic E-state index is 0.413. The highest BCUT2D eigenvalue weighted by Gasteiger charge is 2.54. The van der Waals surface area contributed by atoms with Gasteiger partial charge in [-0.05, 0) is 13.8 Å². The Bertz CT molecular complexity index is 324. The second-order valence-electron chi connectivity index (χ2n) is 2.75. The Morgan fingerprint density at radius 2 is 1.33 bits per heavy atom. The number of alkyl halides is 6. The van der Waals surface area contributed by atoms with E-state index in [-0.39, 0.29) is 0 Å². The first-order chi connectivity index (χ1) is 7.96. The van der Waals surface area contributed by atoms with Crippen LogP contribution >= 0.6 is 7.75 Å². The monoisotopic (exact) mass is 301 g/mol. The van der Waals surface area contributed by atoms with E-state index in [2.05, 4.69) is 13.8 Å². The summed E-state index contributed by atoms with van der Waals surface area (Å²) in [4.78, 5) is 0. The van der Waals surface area contributed by atoms with E-state index in [1.54, 1.807) is 0 Å². The molecule has 0 atom stereocenters. The molecule has 0 aromatic heterocycles. The molecular weight excluding hydrogens is 291 g/mol. The zero-order chi connectivity index (χ0) is 14.6. The Balaban J connectivity index is 5.58. The van der Waals surface area contributed by atoms with E-state index in [0.717, 1.165) is 0 Å². The molecule has 0 radical (unpaired) electrons. The van der Waals surface area contributed by atoms with Crippen LogP contribution in [0.25, 0.3) is 0 Å². The SMILES string of the molecule is CCOP(=O)(N=C(C(F)(F)F)C(F)(F)F)OCC. The molecular formula is C7H10F6NO3P. The zero-order valence-corrected chi connectivity index (χ0v) is 10.2. The Hall–Kier alpha value is -0.600. The summed E-state index contributed by atoms with van der Waals surface area (Å²) in [5.41, 5.74) is -3.15. The summed E-state index contributed by atoms with van der Waals surface area (Å²) in [7, 11) is -4.82. The summed E-state index contributed by atoms with van der Waals surface area (Å²) in [5.74, 6) is 0. The molecule has 0 aliphatic carbocycles. The van der Waals surface area contributed by atoms with Gasteiger partial charge in [-0.15, -0.1) is 0 Å². The van der Waals surface area contributed by atoms with Crippen LogP contribution in [-0.4, -0.2) is 31.3 Å². The van der Waals surface area contributed by atoms with Crippen molar-refractivity contribution in [3.05, 3.63) is 0 Å². The molecule has 0 bridgehead atoms.